The van der Waals surface area contributed by atoms with E-state index in [0.29, 0.717) is 29.9 Å². The Morgan fingerprint density at radius 2 is 1.78 bits per heavy atom. The van der Waals surface area contributed by atoms with Crippen molar-refractivity contribution in [1.82, 2.24) is 19.1 Å². The zero-order valence-corrected chi connectivity index (χ0v) is 22.4. The molecule has 36 heavy (non-hydrogen) atoms. The van der Waals surface area contributed by atoms with Gasteiger partial charge in [-0.2, -0.15) is 4.31 Å². The lowest BCUT2D eigenvalue weighted by Crippen LogP contribution is -2.37. The van der Waals surface area contributed by atoms with Crippen molar-refractivity contribution in [2.75, 3.05) is 24.2 Å². The molecule has 10 heteroatoms. The van der Waals surface area contributed by atoms with Gasteiger partial charge in [0.2, 0.25) is 15.9 Å². The number of aromatic nitrogens is 3. The van der Waals surface area contributed by atoms with Gasteiger partial charge >= 0.3 is 0 Å². The highest BCUT2D eigenvalue weighted by Gasteiger charge is 2.34. The van der Waals surface area contributed by atoms with Crippen LogP contribution in [0.2, 0.25) is 0 Å². The number of anilines is 1. The number of hydrogen-bond donors (Lipinski definition) is 1. The third-order valence-electron chi connectivity index (χ3n) is 6.97. The van der Waals surface area contributed by atoms with Crippen molar-refractivity contribution in [3.05, 3.63) is 54.1 Å². The topological polar surface area (TPSA) is 97.2 Å². The van der Waals surface area contributed by atoms with Gasteiger partial charge in [-0.25, -0.2) is 8.42 Å². The largest absolute Gasteiger partial charge is 0.325 e. The number of sulfonamides is 1. The Morgan fingerprint density at radius 3 is 2.50 bits per heavy atom. The minimum absolute atomic E-state index is 0.169. The van der Waals surface area contributed by atoms with Crippen molar-refractivity contribution in [3.63, 3.8) is 0 Å². The second-order valence-electron chi connectivity index (χ2n) is 10.2. The first-order chi connectivity index (χ1) is 17.1. The Kier molecular flexibility index (Phi) is 6.69. The molecule has 3 heterocycles. The minimum atomic E-state index is -3.51. The second kappa shape index (κ2) is 9.64. The number of piperidine rings is 1. The van der Waals surface area contributed by atoms with Gasteiger partial charge in [0, 0.05) is 29.9 Å². The molecule has 1 saturated heterocycles. The van der Waals surface area contributed by atoms with Gasteiger partial charge in [0.1, 0.15) is 0 Å². The van der Waals surface area contributed by atoms with Gasteiger partial charge in [0.15, 0.2) is 11.0 Å². The lowest BCUT2D eigenvalue weighted by atomic mass is 9.87. The SMILES string of the molecule is CC1CCN(S(=O)(=O)c2ccc(NC(=O)CSc3nnc4n3C(C)(C)Cc3ccccc3-4)cc2)CC1. The quantitative estimate of drug-likeness (QED) is 0.480. The zero-order chi connectivity index (χ0) is 25.5. The predicted molar refractivity (Wildman–Crippen MR) is 141 cm³/mol. The highest BCUT2D eigenvalue weighted by Crippen LogP contribution is 2.39. The second-order valence-corrected chi connectivity index (χ2v) is 13.1. The van der Waals surface area contributed by atoms with Crippen molar-refractivity contribution in [2.24, 2.45) is 5.92 Å². The molecule has 1 fully saturated rings. The predicted octanol–water partition coefficient (Wildman–Crippen LogP) is 4.39. The Bertz CT molecular complexity index is 1370. The van der Waals surface area contributed by atoms with Crippen LogP contribution in [0.15, 0.2) is 58.6 Å². The maximum absolute atomic E-state index is 12.9. The molecule has 8 nitrogen and oxygen atoms in total. The van der Waals surface area contributed by atoms with Crippen molar-refractivity contribution in [3.8, 4) is 11.4 Å². The summed E-state index contributed by atoms with van der Waals surface area (Å²) in [4.78, 5) is 12.9. The van der Waals surface area contributed by atoms with Gasteiger partial charge in [0.25, 0.3) is 0 Å². The van der Waals surface area contributed by atoms with Crippen molar-refractivity contribution in [1.29, 1.82) is 0 Å². The average molecular weight is 526 g/mol. The van der Waals surface area contributed by atoms with Gasteiger partial charge in [0.05, 0.1) is 10.6 Å². The summed E-state index contributed by atoms with van der Waals surface area (Å²) in [5.74, 6) is 1.36. The van der Waals surface area contributed by atoms with Crippen molar-refractivity contribution in [2.45, 2.75) is 55.6 Å². The van der Waals surface area contributed by atoms with E-state index >= 15 is 0 Å². The minimum Gasteiger partial charge on any atom is -0.325 e. The van der Waals surface area contributed by atoms with Crippen LogP contribution in [0.5, 0.6) is 0 Å². The number of rotatable bonds is 6. The number of amides is 1. The van der Waals surface area contributed by atoms with Gasteiger partial charge in [-0.3, -0.25) is 9.36 Å². The number of fused-ring (bicyclic) bond motifs is 3. The summed E-state index contributed by atoms with van der Waals surface area (Å²) < 4.78 is 29.5. The summed E-state index contributed by atoms with van der Waals surface area (Å²) in [5.41, 5.74) is 2.68. The molecule has 190 valence electrons. The molecule has 1 amide bonds. The molecule has 2 aliphatic rings. The number of nitrogens with zero attached hydrogens (tertiary/aromatic N) is 4. The van der Waals surface area contributed by atoms with E-state index in [9.17, 15) is 13.2 Å². The summed E-state index contributed by atoms with van der Waals surface area (Å²) >= 11 is 1.35. The average Bonchev–Trinajstić information content (AvgIpc) is 3.29. The van der Waals surface area contributed by atoms with Gasteiger partial charge < -0.3 is 5.32 Å². The fourth-order valence-electron chi connectivity index (χ4n) is 4.93. The Hall–Kier alpha value is -2.69. The van der Waals surface area contributed by atoms with E-state index in [4.69, 9.17) is 0 Å². The van der Waals surface area contributed by atoms with Gasteiger partial charge in [-0.05, 0) is 68.9 Å². The molecule has 0 aliphatic carbocycles. The van der Waals surface area contributed by atoms with Crippen LogP contribution in [0.4, 0.5) is 5.69 Å². The summed E-state index contributed by atoms with van der Waals surface area (Å²) in [7, 11) is -3.51. The van der Waals surface area contributed by atoms with E-state index in [1.165, 1.54) is 17.3 Å². The molecular weight excluding hydrogens is 494 g/mol. The molecule has 0 radical (unpaired) electrons. The van der Waals surface area contributed by atoms with E-state index in [0.717, 1.165) is 30.7 Å². The Balaban J connectivity index is 1.23. The molecule has 0 bridgehead atoms. The standard InChI is InChI=1S/C26H31N5O3S2/c1-18-12-14-30(15-13-18)36(33,34)21-10-8-20(9-11-21)27-23(32)17-35-25-29-28-24-22-7-5-4-6-19(22)16-26(2,3)31(24)25/h4-11,18H,12-17H2,1-3H3,(H,27,32). The number of thioether (sulfide) groups is 1. The molecule has 0 spiro atoms. The van der Waals surface area contributed by atoms with Gasteiger partial charge in [-0.15, -0.1) is 10.2 Å². The number of benzene rings is 2. The fourth-order valence-corrected chi connectivity index (χ4v) is 7.30. The van der Waals surface area contributed by atoms with Crippen LogP contribution in [-0.2, 0) is 26.8 Å². The van der Waals surface area contributed by atoms with Crippen LogP contribution in [-0.4, -0.2) is 52.2 Å². The van der Waals surface area contributed by atoms with E-state index in [1.807, 2.05) is 12.1 Å². The van der Waals surface area contributed by atoms with E-state index < -0.39 is 10.0 Å². The Morgan fingerprint density at radius 1 is 1.08 bits per heavy atom. The lowest BCUT2D eigenvalue weighted by Gasteiger charge is -2.34. The maximum atomic E-state index is 12.9. The summed E-state index contributed by atoms with van der Waals surface area (Å²) in [6.45, 7) is 7.55. The summed E-state index contributed by atoms with van der Waals surface area (Å²) in [5, 5.41) is 12.4. The van der Waals surface area contributed by atoms with E-state index in [2.05, 4.69) is 53.0 Å². The van der Waals surface area contributed by atoms with Crippen LogP contribution in [0, 0.1) is 5.92 Å². The normalized spacial score (nSPS) is 17.9. The molecule has 2 aromatic carbocycles. The third kappa shape index (κ3) is 4.81. The van der Waals surface area contributed by atoms with Crippen LogP contribution in [0.1, 0.15) is 39.2 Å². The Labute approximate surface area is 216 Å². The summed E-state index contributed by atoms with van der Waals surface area (Å²) in [6, 6.07) is 14.6. The number of hydrogen-bond acceptors (Lipinski definition) is 6. The summed E-state index contributed by atoms with van der Waals surface area (Å²) in [6.07, 6.45) is 2.62. The van der Waals surface area contributed by atoms with Crippen molar-refractivity contribution >= 4 is 33.4 Å². The molecule has 5 rings (SSSR count). The molecule has 2 aliphatic heterocycles. The van der Waals surface area contributed by atoms with Crippen molar-refractivity contribution < 1.29 is 13.2 Å². The molecule has 0 saturated carbocycles. The number of carbonyl (C=O) groups is 1. The highest BCUT2D eigenvalue weighted by molar-refractivity contribution is 7.99. The van der Waals surface area contributed by atoms with E-state index in [1.54, 1.807) is 28.6 Å². The highest BCUT2D eigenvalue weighted by atomic mass is 32.2. The first kappa shape index (κ1) is 25.0. The smallest absolute Gasteiger partial charge is 0.243 e. The lowest BCUT2D eigenvalue weighted by molar-refractivity contribution is -0.113. The first-order valence-electron chi connectivity index (χ1n) is 12.2. The molecular formula is C26H31N5O3S2. The molecule has 3 aromatic rings. The molecule has 0 unspecified atom stereocenters. The monoisotopic (exact) mass is 525 g/mol. The molecule has 1 N–H and O–H groups in total. The zero-order valence-electron chi connectivity index (χ0n) is 20.8. The fraction of sp³-hybridized carbons (Fsp3) is 0.423. The van der Waals surface area contributed by atoms with Crippen LogP contribution < -0.4 is 5.32 Å². The maximum Gasteiger partial charge on any atom is 0.243 e. The van der Waals surface area contributed by atoms with Crippen LogP contribution >= 0.6 is 11.8 Å². The number of carbonyl (C=O) groups excluding carboxylic acids is 1. The van der Waals surface area contributed by atoms with Crippen LogP contribution in [0.3, 0.4) is 0 Å². The first-order valence-corrected chi connectivity index (χ1v) is 14.6. The van der Waals surface area contributed by atoms with Gasteiger partial charge in [-0.1, -0.05) is 43.0 Å². The third-order valence-corrected chi connectivity index (χ3v) is 9.81. The number of nitrogens with one attached hydrogen (secondary N) is 1. The molecule has 0 atom stereocenters. The van der Waals surface area contributed by atoms with E-state index in [-0.39, 0.29) is 22.1 Å². The van der Waals surface area contributed by atoms with Crippen LogP contribution in [0.25, 0.3) is 11.4 Å². The molecule has 1 aromatic heterocycles.